The fourth-order valence-electron chi connectivity index (χ4n) is 3.88. The van der Waals surface area contributed by atoms with E-state index in [9.17, 15) is 0 Å². The predicted octanol–water partition coefficient (Wildman–Crippen LogP) is 8.08. The van der Waals surface area contributed by atoms with E-state index in [0.29, 0.717) is 38.7 Å². The first-order chi connectivity index (χ1) is 16.2. The molecule has 4 nitrogen and oxygen atoms in total. The molecule has 0 saturated heterocycles. The molecule has 0 N–H and O–H groups in total. The van der Waals surface area contributed by atoms with Crippen molar-refractivity contribution in [3.63, 3.8) is 0 Å². The van der Waals surface area contributed by atoms with Crippen LogP contribution in [0.15, 0.2) is 95.4 Å². The Hall–Kier alpha value is -3.73. The van der Waals surface area contributed by atoms with Crippen molar-refractivity contribution in [2.45, 2.75) is 0 Å². The van der Waals surface area contributed by atoms with Crippen LogP contribution in [0.2, 0.25) is 10.0 Å². The van der Waals surface area contributed by atoms with Gasteiger partial charge in [-0.2, -0.15) is 0 Å². The van der Waals surface area contributed by atoms with Crippen LogP contribution in [0.25, 0.3) is 56.1 Å². The van der Waals surface area contributed by atoms with E-state index in [1.807, 2.05) is 84.9 Å². The molecule has 0 radical (unpaired) electrons. The quantitative estimate of drug-likeness (QED) is 0.264. The average Bonchev–Trinajstić information content (AvgIpc) is 3.23. The topological polar surface area (TPSA) is 51.8 Å². The summed E-state index contributed by atoms with van der Waals surface area (Å²) in [5.41, 5.74) is 3.96. The normalized spacial score (nSPS) is 11.3. The maximum atomic E-state index is 6.36. The third kappa shape index (κ3) is 3.63. The third-order valence-electron chi connectivity index (χ3n) is 5.45. The fourth-order valence-corrected chi connectivity index (χ4v) is 4.41. The minimum absolute atomic E-state index is 0.480. The van der Waals surface area contributed by atoms with Crippen LogP contribution in [0.1, 0.15) is 0 Å². The van der Waals surface area contributed by atoms with Crippen LogP contribution in [-0.4, -0.2) is 15.0 Å². The fraction of sp³-hybridized carbons (Fsp3) is 0. The molecule has 0 spiro atoms. The zero-order chi connectivity index (χ0) is 22.4. The van der Waals surface area contributed by atoms with Crippen molar-refractivity contribution >= 4 is 45.1 Å². The van der Waals surface area contributed by atoms with Gasteiger partial charge in [-0.05, 0) is 24.3 Å². The molecule has 2 aromatic heterocycles. The lowest BCUT2D eigenvalue weighted by atomic mass is 10.1. The molecule has 2 heterocycles. The van der Waals surface area contributed by atoms with Gasteiger partial charge in [0.25, 0.3) is 0 Å². The van der Waals surface area contributed by atoms with Gasteiger partial charge < -0.3 is 4.42 Å². The Morgan fingerprint density at radius 2 is 1.12 bits per heavy atom. The number of rotatable bonds is 3. The maximum Gasteiger partial charge on any atom is 0.164 e. The summed E-state index contributed by atoms with van der Waals surface area (Å²) in [6.07, 6.45) is 0. The first-order valence-electron chi connectivity index (χ1n) is 10.3. The molecule has 0 unspecified atom stereocenters. The Balaban J connectivity index is 1.56. The Bertz CT molecular complexity index is 1570. The lowest BCUT2D eigenvalue weighted by molar-refractivity contribution is 0.669. The molecule has 0 aliphatic rings. The van der Waals surface area contributed by atoms with Crippen LogP contribution >= 0.6 is 23.2 Å². The summed E-state index contributed by atoms with van der Waals surface area (Å²) in [4.78, 5) is 14.3. The monoisotopic (exact) mass is 467 g/mol. The molecular weight excluding hydrogens is 453 g/mol. The molecular formula is C27H15Cl2N3O. The van der Waals surface area contributed by atoms with Crippen molar-refractivity contribution in [3.05, 3.63) is 101 Å². The van der Waals surface area contributed by atoms with Gasteiger partial charge in [0.05, 0.1) is 5.02 Å². The number of halogens is 2. The van der Waals surface area contributed by atoms with Crippen LogP contribution < -0.4 is 0 Å². The summed E-state index contributed by atoms with van der Waals surface area (Å²) in [5.74, 6) is 1.78. The van der Waals surface area contributed by atoms with Gasteiger partial charge in [0.2, 0.25) is 0 Å². The van der Waals surface area contributed by atoms with E-state index < -0.39 is 0 Å². The molecule has 0 aliphatic carbocycles. The Labute approximate surface area is 199 Å². The van der Waals surface area contributed by atoms with E-state index in [1.54, 1.807) is 6.07 Å². The van der Waals surface area contributed by atoms with Gasteiger partial charge in [-0.3, -0.25) is 0 Å². The highest BCUT2D eigenvalue weighted by atomic mass is 35.5. The zero-order valence-electron chi connectivity index (χ0n) is 17.2. The minimum atomic E-state index is 0.480. The van der Waals surface area contributed by atoms with E-state index >= 15 is 0 Å². The molecule has 6 rings (SSSR count). The predicted molar refractivity (Wildman–Crippen MR) is 133 cm³/mol. The molecule has 33 heavy (non-hydrogen) atoms. The first kappa shape index (κ1) is 19.9. The van der Waals surface area contributed by atoms with Gasteiger partial charge in [-0.15, -0.1) is 0 Å². The zero-order valence-corrected chi connectivity index (χ0v) is 18.7. The highest BCUT2D eigenvalue weighted by Crippen LogP contribution is 2.37. The number of furan rings is 1. The van der Waals surface area contributed by atoms with Crippen molar-refractivity contribution in [2.75, 3.05) is 0 Å². The van der Waals surface area contributed by atoms with Crippen LogP contribution in [0.5, 0.6) is 0 Å². The van der Waals surface area contributed by atoms with Gasteiger partial charge in [0.15, 0.2) is 23.1 Å². The third-order valence-corrected chi connectivity index (χ3v) is 5.95. The van der Waals surface area contributed by atoms with Crippen LogP contribution in [0.3, 0.4) is 0 Å². The Kier molecular flexibility index (Phi) is 4.83. The maximum absolute atomic E-state index is 6.36. The molecule has 0 saturated carbocycles. The van der Waals surface area contributed by atoms with Crippen molar-refractivity contribution < 1.29 is 4.42 Å². The number of fused-ring (bicyclic) bond motifs is 3. The Morgan fingerprint density at radius 1 is 0.545 bits per heavy atom. The van der Waals surface area contributed by atoms with E-state index in [4.69, 9.17) is 42.6 Å². The number of aromatic nitrogens is 3. The summed E-state index contributed by atoms with van der Waals surface area (Å²) in [6.45, 7) is 0. The molecule has 0 atom stereocenters. The summed E-state index contributed by atoms with van der Waals surface area (Å²) >= 11 is 12.6. The van der Waals surface area contributed by atoms with Gasteiger partial charge in [0.1, 0.15) is 5.58 Å². The van der Waals surface area contributed by atoms with Crippen LogP contribution in [0, 0.1) is 0 Å². The van der Waals surface area contributed by atoms with Gasteiger partial charge in [-0.25, -0.2) is 15.0 Å². The van der Waals surface area contributed by atoms with Crippen LogP contribution in [0.4, 0.5) is 0 Å². The minimum Gasteiger partial charge on any atom is -0.454 e. The number of hydrogen-bond acceptors (Lipinski definition) is 4. The second kappa shape index (κ2) is 8.00. The van der Waals surface area contributed by atoms with E-state index in [2.05, 4.69) is 0 Å². The van der Waals surface area contributed by atoms with Gasteiger partial charge in [0, 0.05) is 32.5 Å². The highest BCUT2D eigenvalue weighted by Gasteiger charge is 2.15. The second-order valence-electron chi connectivity index (χ2n) is 7.62. The van der Waals surface area contributed by atoms with Gasteiger partial charge in [-0.1, -0.05) is 89.9 Å². The largest absolute Gasteiger partial charge is 0.454 e. The van der Waals surface area contributed by atoms with Crippen molar-refractivity contribution in [2.24, 2.45) is 0 Å². The van der Waals surface area contributed by atoms with Crippen molar-refractivity contribution in [1.82, 2.24) is 15.0 Å². The van der Waals surface area contributed by atoms with E-state index in [-0.39, 0.29) is 0 Å². The highest BCUT2D eigenvalue weighted by molar-refractivity contribution is 6.39. The molecule has 0 fully saturated rings. The number of nitrogens with zero attached hydrogens (tertiary/aromatic N) is 3. The lowest BCUT2D eigenvalue weighted by Gasteiger charge is -2.08. The van der Waals surface area contributed by atoms with Crippen LogP contribution in [-0.2, 0) is 0 Å². The molecule has 6 aromatic rings. The van der Waals surface area contributed by atoms with Crippen molar-refractivity contribution in [3.8, 4) is 34.2 Å². The summed E-state index contributed by atoms with van der Waals surface area (Å²) in [5, 5.41) is 2.85. The molecule has 4 aromatic carbocycles. The second-order valence-corrected chi connectivity index (χ2v) is 8.46. The molecule has 6 heteroatoms. The van der Waals surface area contributed by atoms with E-state index in [0.717, 1.165) is 27.5 Å². The van der Waals surface area contributed by atoms with Crippen molar-refractivity contribution in [1.29, 1.82) is 0 Å². The molecule has 0 bridgehead atoms. The van der Waals surface area contributed by atoms with Gasteiger partial charge >= 0.3 is 0 Å². The molecule has 158 valence electrons. The smallest absolute Gasteiger partial charge is 0.164 e. The lowest BCUT2D eigenvalue weighted by Crippen LogP contribution is -2.00. The number of hydrogen-bond donors (Lipinski definition) is 0. The summed E-state index contributed by atoms with van der Waals surface area (Å²) in [6, 6.07) is 29.2. The molecule has 0 amide bonds. The Morgan fingerprint density at radius 3 is 1.73 bits per heavy atom. The number of benzene rings is 4. The standard InChI is InChI=1S/C27H15Cl2N3O/c28-19-14-21-20-12-11-18(13-23(20)33-24(21)22(29)15-19)27-31-25(16-7-3-1-4-8-16)30-26(32-27)17-9-5-2-6-10-17/h1-15H. The SMILES string of the molecule is Clc1cc(Cl)c2oc3cc(-c4nc(-c5ccccc5)nc(-c5ccccc5)n4)ccc3c2c1. The summed E-state index contributed by atoms with van der Waals surface area (Å²) < 4.78 is 6.07. The summed E-state index contributed by atoms with van der Waals surface area (Å²) in [7, 11) is 0. The first-order valence-corrected chi connectivity index (χ1v) is 11.1. The van der Waals surface area contributed by atoms with E-state index in [1.165, 1.54) is 0 Å². The molecule has 0 aliphatic heterocycles. The average molecular weight is 468 g/mol.